The van der Waals surface area contributed by atoms with Crippen LogP contribution in [0.1, 0.15) is 11.3 Å². The molecule has 2 aromatic rings. The molecule has 1 aromatic carbocycles. The summed E-state index contributed by atoms with van der Waals surface area (Å²) < 4.78 is 0. The minimum atomic E-state index is 0.593. The summed E-state index contributed by atoms with van der Waals surface area (Å²) in [4.78, 5) is 8.56. The molecule has 0 amide bonds. The van der Waals surface area contributed by atoms with E-state index in [9.17, 15) is 0 Å². The summed E-state index contributed by atoms with van der Waals surface area (Å²) in [5.41, 5.74) is 2.86. The predicted octanol–water partition coefficient (Wildman–Crippen LogP) is 3.53. The summed E-state index contributed by atoms with van der Waals surface area (Å²) in [6, 6.07) is 7.71. The lowest BCUT2D eigenvalue weighted by Crippen LogP contribution is -2.01. The van der Waals surface area contributed by atoms with Crippen molar-refractivity contribution in [2.45, 2.75) is 13.8 Å². The van der Waals surface area contributed by atoms with Gasteiger partial charge in [-0.1, -0.05) is 17.7 Å². The van der Waals surface area contributed by atoms with Gasteiger partial charge >= 0.3 is 0 Å². The molecule has 94 valence electrons. The highest BCUT2D eigenvalue weighted by atomic mass is 35.5. The lowest BCUT2D eigenvalue weighted by molar-refractivity contribution is 1.10. The van der Waals surface area contributed by atoms with Gasteiger partial charge in [0.25, 0.3) is 0 Å². The largest absolute Gasteiger partial charge is 0.357 e. The standard InChI is InChI=1S/C13H15ClN4/c1-8-4-5-10(7-11(8)14)17-12-6-9(2)16-13(15-3)18-12/h4-7H,1-3H3,(H2,15,16,17,18). The molecule has 0 saturated heterocycles. The van der Waals surface area contributed by atoms with Crippen LogP contribution < -0.4 is 10.6 Å². The zero-order valence-corrected chi connectivity index (χ0v) is 11.3. The van der Waals surface area contributed by atoms with Crippen molar-refractivity contribution in [2.24, 2.45) is 0 Å². The molecule has 0 unspecified atom stereocenters. The van der Waals surface area contributed by atoms with Crippen molar-refractivity contribution in [1.29, 1.82) is 0 Å². The maximum atomic E-state index is 6.08. The predicted molar refractivity (Wildman–Crippen MR) is 75.8 cm³/mol. The Kier molecular flexibility index (Phi) is 3.67. The molecule has 0 radical (unpaired) electrons. The van der Waals surface area contributed by atoms with Crippen molar-refractivity contribution in [3.63, 3.8) is 0 Å². The first-order valence-corrected chi connectivity index (χ1v) is 6.03. The van der Waals surface area contributed by atoms with E-state index in [-0.39, 0.29) is 0 Å². The topological polar surface area (TPSA) is 49.8 Å². The SMILES string of the molecule is CNc1nc(C)cc(Nc2ccc(C)c(Cl)c2)n1. The molecule has 0 saturated carbocycles. The van der Waals surface area contributed by atoms with Crippen LogP contribution in [0.3, 0.4) is 0 Å². The fraction of sp³-hybridized carbons (Fsp3) is 0.231. The van der Waals surface area contributed by atoms with Crippen molar-refractivity contribution in [2.75, 3.05) is 17.7 Å². The minimum absolute atomic E-state index is 0.593. The number of nitrogens with zero attached hydrogens (tertiary/aromatic N) is 2. The van der Waals surface area contributed by atoms with E-state index in [2.05, 4.69) is 20.6 Å². The first-order chi connectivity index (χ1) is 8.58. The molecule has 1 aromatic heterocycles. The average molecular weight is 263 g/mol. The molecule has 0 atom stereocenters. The second-order valence-corrected chi connectivity index (χ2v) is 4.46. The van der Waals surface area contributed by atoms with E-state index in [1.54, 1.807) is 7.05 Å². The third kappa shape index (κ3) is 2.90. The van der Waals surface area contributed by atoms with Crippen molar-refractivity contribution in [3.8, 4) is 0 Å². The number of aryl methyl sites for hydroxylation is 2. The Hall–Kier alpha value is -1.81. The molecule has 2 rings (SSSR count). The highest BCUT2D eigenvalue weighted by Gasteiger charge is 2.02. The van der Waals surface area contributed by atoms with Crippen LogP contribution in [0.2, 0.25) is 5.02 Å². The van der Waals surface area contributed by atoms with Gasteiger partial charge in [0.05, 0.1) is 0 Å². The molecule has 0 aliphatic carbocycles. The van der Waals surface area contributed by atoms with E-state index in [1.807, 2.05) is 38.1 Å². The van der Waals surface area contributed by atoms with Gasteiger partial charge in [-0.25, -0.2) is 4.98 Å². The fourth-order valence-corrected chi connectivity index (χ4v) is 1.74. The van der Waals surface area contributed by atoms with Crippen molar-refractivity contribution in [3.05, 3.63) is 40.5 Å². The Bertz CT molecular complexity index is 569. The monoisotopic (exact) mass is 262 g/mol. The van der Waals surface area contributed by atoms with Crippen molar-refractivity contribution < 1.29 is 0 Å². The molecule has 0 aliphatic rings. The molecule has 4 nitrogen and oxygen atoms in total. The van der Waals surface area contributed by atoms with Gasteiger partial charge in [-0.15, -0.1) is 0 Å². The van der Waals surface area contributed by atoms with E-state index in [4.69, 9.17) is 11.6 Å². The number of hydrogen-bond acceptors (Lipinski definition) is 4. The van der Waals surface area contributed by atoms with E-state index < -0.39 is 0 Å². The number of aromatic nitrogens is 2. The van der Waals surface area contributed by atoms with Crippen LogP contribution in [0.25, 0.3) is 0 Å². The zero-order chi connectivity index (χ0) is 13.1. The van der Waals surface area contributed by atoms with Gasteiger partial charge in [-0.2, -0.15) is 4.98 Å². The highest BCUT2D eigenvalue weighted by Crippen LogP contribution is 2.23. The molecular weight excluding hydrogens is 248 g/mol. The number of nitrogens with one attached hydrogen (secondary N) is 2. The van der Waals surface area contributed by atoms with Crippen LogP contribution in [0.4, 0.5) is 17.5 Å². The normalized spacial score (nSPS) is 10.2. The number of anilines is 3. The van der Waals surface area contributed by atoms with E-state index in [1.165, 1.54) is 0 Å². The lowest BCUT2D eigenvalue weighted by Gasteiger charge is -2.09. The second kappa shape index (κ2) is 5.23. The van der Waals surface area contributed by atoms with Crippen LogP contribution in [0, 0.1) is 13.8 Å². The van der Waals surface area contributed by atoms with E-state index >= 15 is 0 Å². The zero-order valence-electron chi connectivity index (χ0n) is 10.6. The molecule has 5 heteroatoms. The van der Waals surface area contributed by atoms with Crippen molar-refractivity contribution in [1.82, 2.24) is 9.97 Å². The first kappa shape index (κ1) is 12.6. The van der Waals surface area contributed by atoms with Crippen LogP contribution in [-0.4, -0.2) is 17.0 Å². The molecular formula is C13H15ClN4. The lowest BCUT2D eigenvalue weighted by atomic mass is 10.2. The Labute approximate surface area is 111 Å². The third-order valence-electron chi connectivity index (χ3n) is 2.52. The van der Waals surface area contributed by atoms with Gasteiger partial charge in [0.1, 0.15) is 5.82 Å². The number of halogens is 1. The Balaban J connectivity index is 2.27. The van der Waals surface area contributed by atoms with Gasteiger partial charge in [0, 0.05) is 29.5 Å². The molecule has 0 aliphatic heterocycles. The first-order valence-electron chi connectivity index (χ1n) is 5.65. The summed E-state index contributed by atoms with van der Waals surface area (Å²) in [6.07, 6.45) is 0. The van der Waals surface area contributed by atoms with Gasteiger partial charge in [0.15, 0.2) is 0 Å². The maximum Gasteiger partial charge on any atom is 0.224 e. The summed E-state index contributed by atoms with van der Waals surface area (Å²) >= 11 is 6.08. The maximum absolute atomic E-state index is 6.08. The summed E-state index contributed by atoms with van der Waals surface area (Å²) in [5.74, 6) is 1.34. The second-order valence-electron chi connectivity index (χ2n) is 4.06. The average Bonchev–Trinajstić information content (AvgIpc) is 2.33. The quantitative estimate of drug-likeness (QED) is 0.888. The Morgan fingerprint density at radius 2 is 1.89 bits per heavy atom. The summed E-state index contributed by atoms with van der Waals surface area (Å²) in [6.45, 7) is 3.90. The molecule has 2 N–H and O–H groups in total. The van der Waals surface area contributed by atoms with E-state index in [0.717, 1.165) is 27.8 Å². The van der Waals surface area contributed by atoms with Gasteiger partial charge in [-0.3, -0.25) is 0 Å². The molecule has 0 spiro atoms. The van der Waals surface area contributed by atoms with Crippen LogP contribution in [-0.2, 0) is 0 Å². The Morgan fingerprint density at radius 1 is 1.11 bits per heavy atom. The fourth-order valence-electron chi connectivity index (χ4n) is 1.56. The Morgan fingerprint density at radius 3 is 2.56 bits per heavy atom. The molecule has 0 fully saturated rings. The molecule has 18 heavy (non-hydrogen) atoms. The number of rotatable bonds is 3. The van der Waals surface area contributed by atoms with Crippen LogP contribution in [0.5, 0.6) is 0 Å². The minimum Gasteiger partial charge on any atom is -0.357 e. The summed E-state index contributed by atoms with van der Waals surface area (Å²) in [5, 5.41) is 6.87. The smallest absolute Gasteiger partial charge is 0.224 e. The molecule has 0 bridgehead atoms. The van der Waals surface area contributed by atoms with Crippen molar-refractivity contribution >= 4 is 29.1 Å². The van der Waals surface area contributed by atoms with Gasteiger partial charge in [0.2, 0.25) is 5.95 Å². The van der Waals surface area contributed by atoms with Crippen LogP contribution in [0.15, 0.2) is 24.3 Å². The van der Waals surface area contributed by atoms with E-state index in [0.29, 0.717) is 5.95 Å². The van der Waals surface area contributed by atoms with Crippen LogP contribution >= 0.6 is 11.6 Å². The number of benzene rings is 1. The molecule has 1 heterocycles. The van der Waals surface area contributed by atoms with Gasteiger partial charge in [-0.05, 0) is 31.5 Å². The highest BCUT2D eigenvalue weighted by molar-refractivity contribution is 6.31. The summed E-state index contributed by atoms with van der Waals surface area (Å²) in [7, 11) is 1.79. The third-order valence-corrected chi connectivity index (χ3v) is 2.93. The van der Waals surface area contributed by atoms with Gasteiger partial charge < -0.3 is 10.6 Å². The number of hydrogen-bond donors (Lipinski definition) is 2.